The molecule has 3 rings (SSSR count). The van der Waals surface area contributed by atoms with Crippen LogP contribution in [0.2, 0.25) is 0 Å². The molecule has 0 aromatic carbocycles. The van der Waals surface area contributed by atoms with Gasteiger partial charge in [0.05, 0.1) is 11.6 Å². The van der Waals surface area contributed by atoms with Crippen LogP contribution < -0.4 is 5.43 Å². The van der Waals surface area contributed by atoms with Gasteiger partial charge in [-0.25, -0.2) is 5.43 Å². The van der Waals surface area contributed by atoms with E-state index in [4.69, 9.17) is 4.74 Å². The van der Waals surface area contributed by atoms with E-state index >= 15 is 0 Å². The summed E-state index contributed by atoms with van der Waals surface area (Å²) in [5.74, 6) is -0.658. The van der Waals surface area contributed by atoms with Gasteiger partial charge in [0, 0.05) is 17.8 Å². The van der Waals surface area contributed by atoms with Crippen LogP contribution in [0.1, 0.15) is 39.2 Å². The minimum Gasteiger partial charge on any atom is -0.448 e. The van der Waals surface area contributed by atoms with E-state index in [1.807, 2.05) is 20.8 Å². The van der Waals surface area contributed by atoms with Gasteiger partial charge in [-0.05, 0) is 37.5 Å². The van der Waals surface area contributed by atoms with Gasteiger partial charge < -0.3 is 4.74 Å². The van der Waals surface area contributed by atoms with Crippen LogP contribution in [-0.2, 0) is 14.3 Å². The number of hydrazone groups is 1. The number of hydrogen-bond acceptors (Lipinski definition) is 5. The molecule has 2 unspecified atom stereocenters. The molecule has 116 valence electrons. The van der Waals surface area contributed by atoms with Crippen molar-refractivity contribution in [1.29, 1.82) is 0 Å². The second-order valence-corrected chi connectivity index (χ2v) is 6.65. The van der Waals surface area contributed by atoms with Crippen molar-refractivity contribution in [2.24, 2.45) is 15.9 Å². The Bertz CT molecular complexity index is 656. The normalized spacial score (nSPS) is 32.2. The number of carbonyl (C=O) groups is 2. The smallest absolute Gasteiger partial charge is 0.313 e. The molecule has 6 heteroatoms. The lowest BCUT2D eigenvalue weighted by Gasteiger charge is -2.34. The molecule has 1 saturated heterocycles. The number of nitrogens with one attached hydrogen (secondary N) is 1. The van der Waals surface area contributed by atoms with Gasteiger partial charge in [0.1, 0.15) is 0 Å². The number of hydrogen-bond donors (Lipinski definition) is 1. The van der Waals surface area contributed by atoms with Gasteiger partial charge in [0.2, 0.25) is 0 Å². The monoisotopic (exact) mass is 301 g/mol. The molecule has 2 aliphatic rings. The van der Waals surface area contributed by atoms with Gasteiger partial charge in [-0.1, -0.05) is 13.8 Å². The van der Waals surface area contributed by atoms with E-state index in [0.717, 1.165) is 5.56 Å². The molecule has 1 saturated carbocycles. The van der Waals surface area contributed by atoms with Crippen LogP contribution in [0.5, 0.6) is 0 Å². The molecule has 1 aromatic heterocycles. The van der Waals surface area contributed by atoms with Crippen molar-refractivity contribution in [2.45, 2.75) is 39.2 Å². The van der Waals surface area contributed by atoms with Crippen LogP contribution in [0.15, 0.2) is 29.6 Å². The molecular formula is C16H19N3O3. The average Bonchev–Trinajstić information content (AvgIpc) is 2.78. The molecule has 1 aliphatic heterocycles. The number of carbonyl (C=O) groups excluding carboxylic acids is 2. The zero-order valence-electron chi connectivity index (χ0n) is 12.9. The number of rotatable bonds is 3. The topological polar surface area (TPSA) is 80.7 Å². The summed E-state index contributed by atoms with van der Waals surface area (Å²) in [5.41, 5.74) is 1.04. The highest BCUT2D eigenvalue weighted by Gasteiger charge is 2.75. The highest BCUT2D eigenvalue weighted by molar-refractivity contribution is 5.96. The van der Waals surface area contributed by atoms with Gasteiger partial charge in [-0.15, -0.1) is 0 Å². The van der Waals surface area contributed by atoms with Crippen molar-refractivity contribution in [1.82, 2.24) is 10.4 Å². The van der Waals surface area contributed by atoms with Crippen LogP contribution in [0.3, 0.4) is 0 Å². The second-order valence-electron chi connectivity index (χ2n) is 6.65. The summed E-state index contributed by atoms with van der Waals surface area (Å²) >= 11 is 0. The van der Waals surface area contributed by atoms with Crippen LogP contribution >= 0.6 is 0 Å². The summed E-state index contributed by atoms with van der Waals surface area (Å²) in [5, 5.41) is 3.97. The highest BCUT2D eigenvalue weighted by atomic mass is 16.6. The molecule has 22 heavy (non-hydrogen) atoms. The molecule has 1 aliphatic carbocycles. The first-order valence-electron chi connectivity index (χ1n) is 7.30. The number of ether oxygens (including phenoxy) is 1. The zero-order valence-corrected chi connectivity index (χ0v) is 12.9. The van der Waals surface area contributed by atoms with Crippen molar-refractivity contribution in [3.05, 3.63) is 30.1 Å². The van der Waals surface area contributed by atoms with E-state index in [1.165, 1.54) is 6.21 Å². The minimum absolute atomic E-state index is 0.294. The maximum Gasteiger partial charge on any atom is 0.313 e. The van der Waals surface area contributed by atoms with E-state index < -0.39 is 16.4 Å². The quantitative estimate of drug-likeness (QED) is 0.523. The fourth-order valence-corrected chi connectivity index (χ4v) is 3.45. The Hall–Kier alpha value is -2.24. The van der Waals surface area contributed by atoms with Crippen molar-refractivity contribution < 1.29 is 14.3 Å². The van der Waals surface area contributed by atoms with Crippen LogP contribution in [-0.4, -0.2) is 28.7 Å². The molecule has 6 nitrogen and oxygen atoms in total. The predicted octanol–water partition coefficient (Wildman–Crippen LogP) is 1.65. The van der Waals surface area contributed by atoms with Crippen molar-refractivity contribution in [2.75, 3.05) is 0 Å². The molecule has 2 bridgehead atoms. The van der Waals surface area contributed by atoms with Crippen molar-refractivity contribution >= 4 is 18.1 Å². The second kappa shape index (κ2) is 4.63. The molecule has 2 atom stereocenters. The first-order valence-corrected chi connectivity index (χ1v) is 7.30. The van der Waals surface area contributed by atoms with E-state index in [9.17, 15) is 9.59 Å². The van der Waals surface area contributed by atoms with E-state index in [0.29, 0.717) is 12.8 Å². The lowest BCUT2D eigenvalue weighted by molar-refractivity contribution is -0.168. The molecule has 1 N–H and O–H groups in total. The number of esters is 1. The number of aromatic nitrogens is 1. The van der Waals surface area contributed by atoms with Crippen LogP contribution in [0, 0.1) is 10.8 Å². The number of pyridine rings is 1. The number of amides is 1. The van der Waals surface area contributed by atoms with Gasteiger partial charge in [0.15, 0.2) is 5.60 Å². The van der Waals surface area contributed by atoms with Gasteiger partial charge in [0.25, 0.3) is 5.91 Å². The Labute approximate surface area is 129 Å². The van der Waals surface area contributed by atoms with Gasteiger partial charge in [-0.2, -0.15) is 5.10 Å². The third-order valence-corrected chi connectivity index (χ3v) is 5.54. The maximum atomic E-state index is 12.6. The first-order chi connectivity index (χ1) is 10.3. The summed E-state index contributed by atoms with van der Waals surface area (Å²) in [6.45, 7) is 5.70. The summed E-state index contributed by atoms with van der Waals surface area (Å²) < 4.78 is 5.50. The van der Waals surface area contributed by atoms with Crippen molar-refractivity contribution in [3.63, 3.8) is 0 Å². The Morgan fingerprint density at radius 1 is 1.32 bits per heavy atom. The SMILES string of the molecule is CC12CCC(C(=O)N/N=C/c3ccncc3)(OC1=O)C2(C)C. The zero-order chi connectivity index (χ0) is 16.0. The predicted molar refractivity (Wildman–Crippen MR) is 79.9 cm³/mol. The summed E-state index contributed by atoms with van der Waals surface area (Å²) in [4.78, 5) is 28.6. The molecule has 0 radical (unpaired) electrons. The molecule has 2 heterocycles. The van der Waals surface area contributed by atoms with Crippen molar-refractivity contribution in [3.8, 4) is 0 Å². The van der Waals surface area contributed by atoms with Crippen LogP contribution in [0.4, 0.5) is 0 Å². The Morgan fingerprint density at radius 3 is 2.55 bits per heavy atom. The summed E-state index contributed by atoms with van der Waals surface area (Å²) in [6.07, 6.45) is 6.01. The summed E-state index contributed by atoms with van der Waals surface area (Å²) in [7, 11) is 0. The Kier molecular flexibility index (Phi) is 3.09. The fourth-order valence-electron chi connectivity index (χ4n) is 3.45. The largest absolute Gasteiger partial charge is 0.448 e. The van der Waals surface area contributed by atoms with E-state index in [-0.39, 0.29) is 11.9 Å². The fraction of sp³-hybridized carbons (Fsp3) is 0.500. The maximum absolute atomic E-state index is 12.6. The number of fused-ring (bicyclic) bond motifs is 2. The third kappa shape index (κ3) is 1.73. The average molecular weight is 301 g/mol. The third-order valence-electron chi connectivity index (χ3n) is 5.54. The molecular weight excluding hydrogens is 282 g/mol. The molecule has 2 fully saturated rings. The van der Waals surface area contributed by atoms with Gasteiger partial charge >= 0.3 is 5.97 Å². The Morgan fingerprint density at radius 2 is 2.00 bits per heavy atom. The molecule has 1 aromatic rings. The standard InChI is InChI=1S/C16H19N3O3/c1-14(2)15(3)6-7-16(14,22-13(15)21)12(20)19-18-10-11-4-8-17-9-5-11/h4-5,8-10H,6-7H2,1-3H3,(H,19,20)/b18-10+. The molecule has 0 spiro atoms. The lowest BCUT2D eigenvalue weighted by Crippen LogP contribution is -2.52. The lowest BCUT2D eigenvalue weighted by atomic mass is 9.66. The van der Waals surface area contributed by atoms with E-state index in [2.05, 4.69) is 15.5 Å². The number of nitrogens with zero attached hydrogens (tertiary/aromatic N) is 2. The summed E-state index contributed by atoms with van der Waals surface area (Å²) in [6, 6.07) is 3.56. The minimum atomic E-state index is -1.13. The first kappa shape index (κ1) is 14.7. The Balaban J connectivity index is 1.78. The molecule has 1 amide bonds. The van der Waals surface area contributed by atoms with E-state index in [1.54, 1.807) is 24.5 Å². The van der Waals surface area contributed by atoms with Gasteiger partial charge in [-0.3, -0.25) is 14.6 Å². The van der Waals surface area contributed by atoms with Crippen LogP contribution in [0.25, 0.3) is 0 Å². The highest BCUT2D eigenvalue weighted by Crippen LogP contribution is 2.65.